The molecular weight excluding hydrogens is 378 g/mol. The van der Waals surface area contributed by atoms with E-state index in [4.69, 9.17) is 0 Å². The van der Waals surface area contributed by atoms with Crippen LogP contribution >= 0.6 is 43.2 Å². The Kier molecular flexibility index (Phi) is 5.38. The first-order valence-electron chi connectivity index (χ1n) is 5.53. The second-order valence-electron chi connectivity index (χ2n) is 3.91. The Balaban J connectivity index is 1.83. The fourth-order valence-corrected chi connectivity index (χ4v) is 3.48. The minimum Gasteiger partial charge on any atom is -0.387 e. The van der Waals surface area contributed by atoms with Crippen molar-refractivity contribution in [1.82, 2.24) is 5.32 Å². The van der Waals surface area contributed by atoms with Crippen LogP contribution in [0, 0.1) is 0 Å². The first-order chi connectivity index (χ1) is 8.65. The SMILES string of the molecule is OC(CNCc1ccc(Br)s1)c1cccc(Br)c1. The first kappa shape index (κ1) is 14.2. The molecule has 0 fully saturated rings. The van der Waals surface area contributed by atoms with Gasteiger partial charge in [-0.15, -0.1) is 11.3 Å². The van der Waals surface area contributed by atoms with Crippen LogP contribution in [0.4, 0.5) is 0 Å². The standard InChI is InChI=1S/C13H13Br2NOS/c14-10-3-1-2-9(6-10)12(17)8-16-7-11-4-5-13(15)18-11/h1-6,12,16-17H,7-8H2. The lowest BCUT2D eigenvalue weighted by atomic mass is 10.1. The predicted molar refractivity (Wildman–Crippen MR) is 82.8 cm³/mol. The van der Waals surface area contributed by atoms with Crippen molar-refractivity contribution in [2.24, 2.45) is 0 Å². The van der Waals surface area contributed by atoms with Crippen LogP contribution in [0.15, 0.2) is 44.7 Å². The zero-order valence-electron chi connectivity index (χ0n) is 9.57. The van der Waals surface area contributed by atoms with Gasteiger partial charge in [0.2, 0.25) is 0 Å². The highest BCUT2D eigenvalue weighted by molar-refractivity contribution is 9.11. The Labute approximate surface area is 127 Å². The van der Waals surface area contributed by atoms with Gasteiger partial charge in [0.1, 0.15) is 0 Å². The average molecular weight is 391 g/mol. The Morgan fingerprint density at radius 2 is 2.06 bits per heavy atom. The van der Waals surface area contributed by atoms with E-state index in [9.17, 15) is 5.11 Å². The molecule has 2 N–H and O–H groups in total. The lowest BCUT2D eigenvalue weighted by molar-refractivity contribution is 0.174. The normalized spacial score (nSPS) is 12.6. The molecule has 1 aromatic heterocycles. The zero-order valence-corrected chi connectivity index (χ0v) is 13.6. The molecule has 0 aliphatic heterocycles. The van der Waals surface area contributed by atoms with E-state index < -0.39 is 6.10 Å². The van der Waals surface area contributed by atoms with Gasteiger partial charge >= 0.3 is 0 Å². The number of halogens is 2. The number of hydrogen-bond donors (Lipinski definition) is 2. The fraction of sp³-hybridized carbons (Fsp3) is 0.231. The Morgan fingerprint density at radius 3 is 2.72 bits per heavy atom. The van der Waals surface area contributed by atoms with E-state index in [1.807, 2.05) is 30.3 Å². The van der Waals surface area contributed by atoms with Crippen LogP contribution in [0.3, 0.4) is 0 Å². The second kappa shape index (κ2) is 6.82. The number of hydrogen-bond acceptors (Lipinski definition) is 3. The van der Waals surface area contributed by atoms with Crippen molar-refractivity contribution in [3.8, 4) is 0 Å². The maximum Gasteiger partial charge on any atom is 0.0914 e. The van der Waals surface area contributed by atoms with E-state index in [0.717, 1.165) is 20.4 Å². The van der Waals surface area contributed by atoms with E-state index in [1.165, 1.54) is 4.88 Å². The van der Waals surface area contributed by atoms with Gasteiger partial charge in [-0.05, 0) is 45.8 Å². The van der Waals surface area contributed by atoms with Crippen LogP contribution in [0.2, 0.25) is 0 Å². The van der Waals surface area contributed by atoms with Gasteiger partial charge in [-0.25, -0.2) is 0 Å². The summed E-state index contributed by atoms with van der Waals surface area (Å²) in [6.45, 7) is 1.33. The van der Waals surface area contributed by atoms with Gasteiger partial charge in [0.05, 0.1) is 9.89 Å². The number of benzene rings is 1. The average Bonchev–Trinajstić information content (AvgIpc) is 2.75. The Hall–Kier alpha value is -0.200. The summed E-state index contributed by atoms with van der Waals surface area (Å²) >= 11 is 8.54. The van der Waals surface area contributed by atoms with Crippen molar-refractivity contribution in [2.75, 3.05) is 6.54 Å². The van der Waals surface area contributed by atoms with E-state index in [-0.39, 0.29) is 0 Å². The highest BCUT2D eigenvalue weighted by atomic mass is 79.9. The zero-order chi connectivity index (χ0) is 13.0. The smallest absolute Gasteiger partial charge is 0.0914 e. The van der Waals surface area contributed by atoms with E-state index in [1.54, 1.807) is 11.3 Å². The number of rotatable bonds is 5. The van der Waals surface area contributed by atoms with Gasteiger partial charge in [-0.3, -0.25) is 0 Å². The van der Waals surface area contributed by atoms with Gasteiger partial charge in [-0.2, -0.15) is 0 Å². The topological polar surface area (TPSA) is 32.3 Å². The molecule has 2 aromatic rings. The Morgan fingerprint density at radius 1 is 1.22 bits per heavy atom. The molecule has 1 heterocycles. The van der Waals surface area contributed by atoms with Crippen LogP contribution in [0.25, 0.3) is 0 Å². The number of thiophene rings is 1. The maximum atomic E-state index is 10.0. The van der Waals surface area contributed by atoms with Gasteiger partial charge in [0.25, 0.3) is 0 Å². The van der Waals surface area contributed by atoms with E-state index >= 15 is 0 Å². The summed E-state index contributed by atoms with van der Waals surface area (Å²) in [6, 6.07) is 11.9. The van der Waals surface area contributed by atoms with Gasteiger partial charge < -0.3 is 10.4 Å². The summed E-state index contributed by atoms with van der Waals surface area (Å²) < 4.78 is 2.12. The minimum absolute atomic E-state index is 0.481. The number of aliphatic hydroxyl groups is 1. The molecule has 1 aromatic carbocycles. The van der Waals surface area contributed by atoms with Crippen molar-refractivity contribution < 1.29 is 5.11 Å². The quantitative estimate of drug-likeness (QED) is 0.805. The summed E-state index contributed by atoms with van der Waals surface area (Å²) in [6.07, 6.45) is -0.481. The van der Waals surface area contributed by atoms with E-state index in [2.05, 4.69) is 43.2 Å². The predicted octanol–water partition coefficient (Wildman–Crippen LogP) is 4.10. The van der Waals surface area contributed by atoms with Crippen LogP contribution < -0.4 is 5.32 Å². The molecule has 96 valence electrons. The fourth-order valence-electron chi connectivity index (χ4n) is 1.61. The van der Waals surface area contributed by atoms with Crippen LogP contribution in [-0.2, 0) is 6.54 Å². The molecule has 0 saturated heterocycles. The third-order valence-electron chi connectivity index (χ3n) is 2.50. The maximum absolute atomic E-state index is 10.0. The molecule has 0 aliphatic rings. The van der Waals surface area contributed by atoms with Gasteiger partial charge in [0.15, 0.2) is 0 Å². The van der Waals surface area contributed by atoms with Crippen molar-refractivity contribution >= 4 is 43.2 Å². The largest absolute Gasteiger partial charge is 0.387 e. The van der Waals surface area contributed by atoms with Crippen molar-refractivity contribution in [1.29, 1.82) is 0 Å². The molecule has 0 aliphatic carbocycles. The molecule has 18 heavy (non-hydrogen) atoms. The molecule has 1 unspecified atom stereocenters. The lowest BCUT2D eigenvalue weighted by Gasteiger charge is -2.12. The van der Waals surface area contributed by atoms with Crippen LogP contribution in [0.1, 0.15) is 16.5 Å². The van der Waals surface area contributed by atoms with E-state index in [0.29, 0.717) is 6.54 Å². The van der Waals surface area contributed by atoms with Gasteiger partial charge in [-0.1, -0.05) is 28.1 Å². The Bertz CT molecular complexity index is 515. The summed E-state index contributed by atoms with van der Waals surface area (Å²) in [5.41, 5.74) is 0.921. The van der Waals surface area contributed by atoms with Crippen molar-refractivity contribution in [3.05, 3.63) is 55.1 Å². The molecule has 0 radical (unpaired) electrons. The molecule has 0 saturated carbocycles. The third-order valence-corrected chi connectivity index (χ3v) is 4.62. The molecule has 0 spiro atoms. The van der Waals surface area contributed by atoms with Gasteiger partial charge in [0, 0.05) is 22.4 Å². The molecule has 0 bridgehead atoms. The third kappa shape index (κ3) is 4.17. The molecule has 5 heteroatoms. The second-order valence-corrected chi connectivity index (χ2v) is 7.37. The number of aliphatic hydroxyl groups excluding tert-OH is 1. The molecule has 0 amide bonds. The number of nitrogens with one attached hydrogen (secondary N) is 1. The molecule has 2 nitrogen and oxygen atoms in total. The molecule has 1 atom stereocenters. The summed E-state index contributed by atoms with van der Waals surface area (Å²) in [7, 11) is 0. The molecule has 2 rings (SSSR count). The van der Waals surface area contributed by atoms with Crippen molar-refractivity contribution in [2.45, 2.75) is 12.6 Å². The monoisotopic (exact) mass is 389 g/mol. The van der Waals surface area contributed by atoms with Crippen molar-refractivity contribution in [3.63, 3.8) is 0 Å². The summed E-state index contributed by atoms with van der Waals surface area (Å²) in [5, 5.41) is 13.3. The minimum atomic E-state index is -0.481. The first-order valence-corrected chi connectivity index (χ1v) is 7.94. The van der Waals surface area contributed by atoms with Crippen LogP contribution in [-0.4, -0.2) is 11.7 Å². The van der Waals surface area contributed by atoms with Crippen LogP contribution in [0.5, 0.6) is 0 Å². The summed E-state index contributed by atoms with van der Waals surface area (Å²) in [5.74, 6) is 0. The highest BCUT2D eigenvalue weighted by Crippen LogP contribution is 2.22. The molecular formula is C13H13Br2NOS. The summed E-state index contributed by atoms with van der Waals surface area (Å²) in [4.78, 5) is 1.25. The highest BCUT2D eigenvalue weighted by Gasteiger charge is 2.07. The lowest BCUT2D eigenvalue weighted by Crippen LogP contribution is -2.20.